The zero-order valence-corrected chi connectivity index (χ0v) is 15.3. The fourth-order valence-electron chi connectivity index (χ4n) is 2.45. The molecule has 0 amide bonds. The smallest absolute Gasteiger partial charge is 0.163 e. The lowest BCUT2D eigenvalue weighted by Gasteiger charge is -2.31. The van der Waals surface area contributed by atoms with Crippen molar-refractivity contribution in [2.75, 3.05) is 18.1 Å². The predicted molar refractivity (Wildman–Crippen MR) is 88.9 cm³/mol. The maximum absolute atomic E-state index is 10.5. The maximum atomic E-state index is 10.5. The molecule has 3 atom stereocenters. The van der Waals surface area contributed by atoms with Crippen LogP contribution in [-0.4, -0.2) is 57.5 Å². The van der Waals surface area contributed by atoms with Gasteiger partial charge in [-0.25, -0.2) is 0 Å². The highest BCUT2D eigenvalue weighted by Gasteiger charge is 2.49. The highest BCUT2D eigenvalue weighted by molar-refractivity contribution is 8.17. The van der Waals surface area contributed by atoms with Gasteiger partial charge in [0, 0.05) is 0 Å². The highest BCUT2D eigenvalue weighted by atomic mass is 32.2. The lowest BCUT2D eigenvalue weighted by molar-refractivity contribution is -0.162. The Balaban J connectivity index is 1.99. The first kappa shape index (κ1) is 17.9. The summed E-state index contributed by atoms with van der Waals surface area (Å²) >= 11 is 3.82. The number of hydrogen-bond acceptors (Lipinski definition) is 6. The van der Waals surface area contributed by atoms with Crippen LogP contribution in [0.15, 0.2) is 0 Å². The molecule has 0 spiro atoms. The van der Waals surface area contributed by atoms with Gasteiger partial charge in [0.1, 0.15) is 18.3 Å². The third kappa shape index (κ3) is 5.29. The Kier molecular flexibility index (Phi) is 5.94. The van der Waals surface area contributed by atoms with E-state index in [2.05, 4.69) is 0 Å². The number of hydrogen-bond donors (Lipinski definition) is 1. The Bertz CT molecular complexity index is 337. The van der Waals surface area contributed by atoms with E-state index in [9.17, 15) is 5.11 Å². The van der Waals surface area contributed by atoms with Crippen LogP contribution in [-0.2, 0) is 14.2 Å². The molecule has 2 fully saturated rings. The van der Waals surface area contributed by atoms with E-state index in [1.807, 2.05) is 58.1 Å². The van der Waals surface area contributed by atoms with Gasteiger partial charge in [-0.2, -0.15) is 0 Å². The zero-order chi connectivity index (χ0) is 15.7. The molecule has 2 heterocycles. The molecule has 0 aromatic heterocycles. The molecule has 2 rings (SSSR count). The molecular formula is C15H28O4S2. The molecule has 2 saturated heterocycles. The van der Waals surface area contributed by atoms with E-state index in [0.29, 0.717) is 4.58 Å². The Morgan fingerprint density at radius 1 is 1.24 bits per heavy atom. The average molecular weight is 337 g/mol. The summed E-state index contributed by atoms with van der Waals surface area (Å²) in [5.74, 6) is 1.66. The first-order valence-electron chi connectivity index (χ1n) is 7.59. The Labute approximate surface area is 136 Å². The van der Waals surface area contributed by atoms with Gasteiger partial charge in [-0.3, -0.25) is 0 Å². The Morgan fingerprint density at radius 2 is 1.86 bits per heavy atom. The minimum Gasteiger partial charge on any atom is -0.388 e. The lowest BCUT2D eigenvalue weighted by Crippen LogP contribution is -2.44. The number of thioether (sulfide) groups is 2. The molecule has 21 heavy (non-hydrogen) atoms. The van der Waals surface area contributed by atoms with Gasteiger partial charge in [-0.15, -0.1) is 23.5 Å². The standard InChI is InChI=1S/C15H28O4S2/c1-14(2,3)17-9-10(16)11-12(19-15(4,5)18-11)13-20-7-6-8-21-13/h10-13,16H,6-9H2,1-5H3/t10-,11-,12-/m0/s1. The molecule has 2 aliphatic heterocycles. The molecule has 0 bridgehead atoms. The molecule has 0 aromatic rings. The monoisotopic (exact) mass is 336 g/mol. The van der Waals surface area contributed by atoms with Gasteiger partial charge in [-0.05, 0) is 52.5 Å². The third-order valence-electron chi connectivity index (χ3n) is 3.35. The molecule has 0 aliphatic carbocycles. The average Bonchev–Trinajstić information content (AvgIpc) is 2.72. The Hall–Kier alpha value is 0.540. The predicted octanol–water partition coefficient (Wildman–Crippen LogP) is 2.88. The summed E-state index contributed by atoms with van der Waals surface area (Å²) in [5.41, 5.74) is -0.264. The SMILES string of the molecule is CC(C)(C)OC[C@H](O)[C@@H]1OC(C)(C)O[C@@H]1C1SCCCS1. The Morgan fingerprint density at radius 3 is 2.43 bits per heavy atom. The summed E-state index contributed by atoms with van der Waals surface area (Å²) in [4.78, 5) is 0. The molecule has 2 aliphatic rings. The van der Waals surface area contributed by atoms with Crippen molar-refractivity contribution in [3.63, 3.8) is 0 Å². The molecule has 4 nitrogen and oxygen atoms in total. The normalized spacial score (nSPS) is 32.3. The third-order valence-corrected chi connectivity index (χ3v) is 6.41. The summed E-state index contributed by atoms with van der Waals surface area (Å²) in [6, 6.07) is 0. The number of aliphatic hydroxyl groups excluding tert-OH is 1. The molecule has 0 saturated carbocycles. The summed E-state index contributed by atoms with van der Waals surface area (Å²) in [6.45, 7) is 10.1. The van der Waals surface area contributed by atoms with Crippen molar-refractivity contribution in [3.8, 4) is 0 Å². The number of rotatable bonds is 4. The summed E-state index contributed by atoms with van der Waals surface area (Å²) in [6.07, 6.45) is 0.154. The van der Waals surface area contributed by atoms with Crippen LogP contribution >= 0.6 is 23.5 Å². The van der Waals surface area contributed by atoms with Crippen molar-refractivity contribution >= 4 is 23.5 Å². The molecule has 0 aromatic carbocycles. The number of aliphatic hydroxyl groups is 1. The van der Waals surface area contributed by atoms with Crippen LogP contribution in [0.2, 0.25) is 0 Å². The first-order chi connectivity index (χ1) is 9.68. The largest absolute Gasteiger partial charge is 0.388 e. The van der Waals surface area contributed by atoms with E-state index < -0.39 is 11.9 Å². The molecular weight excluding hydrogens is 308 g/mol. The van der Waals surface area contributed by atoms with Crippen LogP contribution < -0.4 is 0 Å². The second-order valence-corrected chi connectivity index (χ2v) is 9.82. The van der Waals surface area contributed by atoms with Crippen molar-refractivity contribution in [2.45, 2.75) is 75.3 Å². The lowest BCUT2D eigenvalue weighted by atomic mass is 10.1. The van der Waals surface area contributed by atoms with Crippen molar-refractivity contribution in [1.82, 2.24) is 0 Å². The topological polar surface area (TPSA) is 47.9 Å². The molecule has 0 radical (unpaired) electrons. The van der Waals surface area contributed by atoms with Crippen LogP contribution in [0.3, 0.4) is 0 Å². The van der Waals surface area contributed by atoms with E-state index in [1.54, 1.807) is 0 Å². The number of ether oxygens (including phenoxy) is 3. The molecule has 0 unspecified atom stereocenters. The first-order valence-corrected chi connectivity index (χ1v) is 9.69. The van der Waals surface area contributed by atoms with E-state index in [1.165, 1.54) is 6.42 Å². The van der Waals surface area contributed by atoms with Crippen molar-refractivity contribution in [1.29, 1.82) is 0 Å². The second kappa shape index (κ2) is 6.97. The van der Waals surface area contributed by atoms with Gasteiger partial charge in [0.15, 0.2) is 5.79 Å². The van der Waals surface area contributed by atoms with Crippen molar-refractivity contribution in [3.05, 3.63) is 0 Å². The van der Waals surface area contributed by atoms with E-state index in [0.717, 1.165) is 11.5 Å². The highest BCUT2D eigenvalue weighted by Crippen LogP contribution is 2.42. The molecule has 6 heteroatoms. The maximum Gasteiger partial charge on any atom is 0.163 e. The van der Waals surface area contributed by atoms with Crippen LogP contribution in [0.5, 0.6) is 0 Å². The minimum absolute atomic E-state index is 0.0890. The second-order valence-electron chi connectivity index (χ2n) is 7.02. The summed E-state index contributed by atoms with van der Waals surface area (Å²) in [7, 11) is 0. The summed E-state index contributed by atoms with van der Waals surface area (Å²) in [5, 5.41) is 10.5. The van der Waals surface area contributed by atoms with E-state index in [-0.39, 0.29) is 24.4 Å². The van der Waals surface area contributed by atoms with Gasteiger partial charge >= 0.3 is 0 Å². The van der Waals surface area contributed by atoms with Crippen LogP contribution in [0, 0.1) is 0 Å². The fraction of sp³-hybridized carbons (Fsp3) is 1.00. The minimum atomic E-state index is -0.667. The van der Waals surface area contributed by atoms with Gasteiger partial charge in [0.2, 0.25) is 0 Å². The van der Waals surface area contributed by atoms with Crippen molar-refractivity contribution < 1.29 is 19.3 Å². The van der Waals surface area contributed by atoms with Crippen LogP contribution in [0.4, 0.5) is 0 Å². The quantitative estimate of drug-likeness (QED) is 0.852. The molecule has 1 N–H and O–H groups in total. The zero-order valence-electron chi connectivity index (χ0n) is 13.6. The van der Waals surface area contributed by atoms with Crippen LogP contribution in [0.1, 0.15) is 41.0 Å². The van der Waals surface area contributed by atoms with E-state index >= 15 is 0 Å². The van der Waals surface area contributed by atoms with Gasteiger partial charge in [-0.1, -0.05) is 0 Å². The van der Waals surface area contributed by atoms with Gasteiger partial charge in [0.05, 0.1) is 16.8 Å². The van der Waals surface area contributed by atoms with Gasteiger partial charge in [0.25, 0.3) is 0 Å². The van der Waals surface area contributed by atoms with E-state index in [4.69, 9.17) is 14.2 Å². The molecule has 124 valence electrons. The van der Waals surface area contributed by atoms with Crippen LogP contribution in [0.25, 0.3) is 0 Å². The van der Waals surface area contributed by atoms with Gasteiger partial charge < -0.3 is 19.3 Å². The summed E-state index contributed by atoms with van der Waals surface area (Å²) < 4.78 is 18.1. The fourth-order valence-corrected chi connectivity index (χ4v) is 5.48. The van der Waals surface area contributed by atoms with Crippen molar-refractivity contribution in [2.24, 2.45) is 0 Å².